The van der Waals surface area contributed by atoms with Crippen LogP contribution in [0.5, 0.6) is 0 Å². The molecule has 3 aromatic rings. The first-order chi connectivity index (χ1) is 13.9. The quantitative estimate of drug-likeness (QED) is 0.562. The Balaban J connectivity index is 1.68. The molecule has 2 aromatic carbocycles. The number of nitrogens with one attached hydrogen (secondary N) is 1. The van der Waals surface area contributed by atoms with Crippen molar-refractivity contribution < 1.29 is 4.79 Å². The SMILES string of the molecule is Cc1ccc(C)c(-n2nnnc2SCC(=O)N[C@H](CC(C)C)c2ccccc2)c1. The molecular weight excluding hydrogens is 382 g/mol. The highest BCUT2D eigenvalue weighted by Gasteiger charge is 2.18. The number of hydrogen-bond acceptors (Lipinski definition) is 5. The molecule has 0 aliphatic heterocycles. The first-order valence-electron chi connectivity index (χ1n) is 9.77. The van der Waals surface area contributed by atoms with E-state index in [1.807, 2.05) is 44.2 Å². The third-order valence-corrected chi connectivity index (χ3v) is 5.53. The average Bonchev–Trinajstić information content (AvgIpc) is 3.16. The molecule has 0 saturated heterocycles. The molecule has 7 heteroatoms. The second kappa shape index (κ2) is 9.69. The normalized spacial score (nSPS) is 12.2. The summed E-state index contributed by atoms with van der Waals surface area (Å²) in [6.07, 6.45) is 0.890. The zero-order valence-electron chi connectivity index (χ0n) is 17.3. The third kappa shape index (κ3) is 5.67. The zero-order chi connectivity index (χ0) is 20.8. The molecule has 0 radical (unpaired) electrons. The van der Waals surface area contributed by atoms with Gasteiger partial charge in [0.2, 0.25) is 11.1 Å². The first-order valence-corrected chi connectivity index (χ1v) is 10.8. The van der Waals surface area contributed by atoms with Gasteiger partial charge >= 0.3 is 0 Å². The van der Waals surface area contributed by atoms with Crippen LogP contribution in [0.1, 0.15) is 43.0 Å². The summed E-state index contributed by atoms with van der Waals surface area (Å²) in [7, 11) is 0. The van der Waals surface area contributed by atoms with Gasteiger partial charge in [-0.1, -0.05) is 68.1 Å². The van der Waals surface area contributed by atoms with Crippen LogP contribution in [0.3, 0.4) is 0 Å². The average molecular weight is 410 g/mol. The molecule has 3 rings (SSSR count). The van der Waals surface area contributed by atoms with E-state index < -0.39 is 0 Å². The van der Waals surface area contributed by atoms with Crippen LogP contribution in [0, 0.1) is 19.8 Å². The summed E-state index contributed by atoms with van der Waals surface area (Å²) in [6, 6.07) is 16.3. The van der Waals surface area contributed by atoms with Gasteiger partial charge in [0.15, 0.2) is 0 Å². The van der Waals surface area contributed by atoms with Gasteiger partial charge in [-0.05, 0) is 59.4 Å². The molecule has 0 bridgehead atoms. The summed E-state index contributed by atoms with van der Waals surface area (Å²) in [5.74, 6) is 0.705. The Bertz CT molecular complexity index is 955. The van der Waals surface area contributed by atoms with Crippen LogP contribution in [0.25, 0.3) is 5.69 Å². The van der Waals surface area contributed by atoms with Crippen molar-refractivity contribution in [2.45, 2.75) is 45.3 Å². The van der Waals surface area contributed by atoms with Crippen molar-refractivity contribution in [3.63, 3.8) is 0 Å². The maximum atomic E-state index is 12.7. The van der Waals surface area contributed by atoms with Crippen molar-refractivity contribution in [2.24, 2.45) is 5.92 Å². The molecule has 1 aromatic heterocycles. The molecular formula is C22H27N5OS. The molecule has 0 fully saturated rings. The molecule has 0 aliphatic carbocycles. The lowest BCUT2D eigenvalue weighted by Gasteiger charge is -2.21. The van der Waals surface area contributed by atoms with E-state index in [-0.39, 0.29) is 17.7 Å². The van der Waals surface area contributed by atoms with Crippen molar-refractivity contribution in [3.8, 4) is 5.69 Å². The Kier molecular flexibility index (Phi) is 7.04. The van der Waals surface area contributed by atoms with Gasteiger partial charge in [-0.15, -0.1) is 5.10 Å². The molecule has 0 unspecified atom stereocenters. The minimum atomic E-state index is -0.0278. The number of carbonyl (C=O) groups excluding carboxylic acids is 1. The lowest BCUT2D eigenvalue weighted by molar-refractivity contribution is -0.119. The highest BCUT2D eigenvalue weighted by atomic mass is 32.2. The number of nitrogens with zero attached hydrogens (tertiary/aromatic N) is 4. The fraction of sp³-hybridized carbons (Fsp3) is 0.364. The number of aromatic nitrogens is 4. The Labute approximate surface area is 176 Å². The summed E-state index contributed by atoms with van der Waals surface area (Å²) < 4.78 is 1.70. The fourth-order valence-corrected chi connectivity index (χ4v) is 3.86. The molecule has 152 valence electrons. The number of tetrazole rings is 1. The molecule has 1 amide bonds. The van der Waals surface area contributed by atoms with Gasteiger partial charge < -0.3 is 5.32 Å². The van der Waals surface area contributed by atoms with Crippen molar-refractivity contribution >= 4 is 17.7 Å². The van der Waals surface area contributed by atoms with Crippen LogP contribution in [0.2, 0.25) is 0 Å². The lowest BCUT2D eigenvalue weighted by atomic mass is 9.97. The van der Waals surface area contributed by atoms with E-state index in [0.717, 1.165) is 28.8 Å². The topological polar surface area (TPSA) is 72.7 Å². The van der Waals surface area contributed by atoms with Crippen LogP contribution >= 0.6 is 11.8 Å². The molecule has 0 aliphatic rings. The monoisotopic (exact) mass is 409 g/mol. The van der Waals surface area contributed by atoms with Gasteiger partial charge in [-0.25, -0.2) is 0 Å². The highest BCUT2D eigenvalue weighted by molar-refractivity contribution is 7.99. The molecule has 1 heterocycles. The summed E-state index contributed by atoms with van der Waals surface area (Å²) in [5, 5.41) is 15.8. The van der Waals surface area contributed by atoms with Crippen LogP contribution in [0.15, 0.2) is 53.7 Å². The molecule has 0 spiro atoms. The van der Waals surface area contributed by atoms with Crippen molar-refractivity contribution in [1.29, 1.82) is 0 Å². The second-order valence-corrected chi connectivity index (χ2v) is 8.55. The highest BCUT2D eigenvalue weighted by Crippen LogP contribution is 2.23. The van der Waals surface area contributed by atoms with Crippen molar-refractivity contribution in [2.75, 3.05) is 5.75 Å². The Morgan fingerprint density at radius 2 is 1.90 bits per heavy atom. The van der Waals surface area contributed by atoms with Gasteiger partial charge in [0.1, 0.15) is 0 Å². The summed E-state index contributed by atoms with van der Waals surface area (Å²) in [6.45, 7) is 8.38. The van der Waals surface area contributed by atoms with E-state index >= 15 is 0 Å². The maximum absolute atomic E-state index is 12.7. The van der Waals surface area contributed by atoms with Gasteiger partial charge in [0.05, 0.1) is 17.5 Å². The van der Waals surface area contributed by atoms with Crippen LogP contribution in [-0.4, -0.2) is 31.9 Å². The molecule has 1 N–H and O–H groups in total. The van der Waals surface area contributed by atoms with Gasteiger partial charge in [-0.3, -0.25) is 4.79 Å². The first kappa shape index (κ1) is 21.0. The number of hydrogen-bond donors (Lipinski definition) is 1. The standard InChI is InChI=1S/C22H27N5OS/c1-15(2)12-19(18-8-6-5-7-9-18)23-21(28)14-29-22-24-25-26-27(22)20-13-16(3)10-11-17(20)4/h5-11,13,15,19H,12,14H2,1-4H3,(H,23,28)/t19-/m1/s1. The van der Waals surface area contributed by atoms with Crippen LogP contribution in [0.4, 0.5) is 0 Å². The van der Waals surface area contributed by atoms with Crippen LogP contribution in [-0.2, 0) is 4.79 Å². The van der Waals surface area contributed by atoms with Crippen LogP contribution < -0.4 is 5.32 Å². The summed E-state index contributed by atoms with van der Waals surface area (Å²) >= 11 is 1.34. The number of rotatable bonds is 8. The Morgan fingerprint density at radius 3 is 2.62 bits per heavy atom. The van der Waals surface area contributed by atoms with E-state index in [4.69, 9.17) is 0 Å². The van der Waals surface area contributed by atoms with Crippen molar-refractivity contribution in [3.05, 3.63) is 65.2 Å². The number of benzene rings is 2. The number of aryl methyl sites for hydroxylation is 2. The zero-order valence-corrected chi connectivity index (χ0v) is 18.1. The van der Waals surface area contributed by atoms with E-state index in [1.165, 1.54) is 11.8 Å². The number of thioether (sulfide) groups is 1. The smallest absolute Gasteiger partial charge is 0.230 e. The Morgan fingerprint density at radius 1 is 1.14 bits per heavy atom. The van der Waals surface area contributed by atoms with Gasteiger partial charge in [-0.2, -0.15) is 4.68 Å². The van der Waals surface area contributed by atoms with E-state index in [2.05, 4.69) is 52.9 Å². The molecule has 29 heavy (non-hydrogen) atoms. The second-order valence-electron chi connectivity index (χ2n) is 7.61. The number of carbonyl (C=O) groups is 1. The molecule has 6 nitrogen and oxygen atoms in total. The predicted molar refractivity (Wildman–Crippen MR) is 116 cm³/mol. The largest absolute Gasteiger partial charge is 0.349 e. The summed E-state index contributed by atoms with van der Waals surface area (Å²) in [4.78, 5) is 12.7. The Hall–Kier alpha value is -2.67. The van der Waals surface area contributed by atoms with E-state index in [1.54, 1.807) is 4.68 Å². The minimum absolute atomic E-state index is 0.000637. The predicted octanol–water partition coefficient (Wildman–Crippen LogP) is 4.27. The van der Waals surface area contributed by atoms with Gasteiger partial charge in [0.25, 0.3) is 0 Å². The van der Waals surface area contributed by atoms with Gasteiger partial charge in [0, 0.05) is 0 Å². The number of amides is 1. The third-order valence-electron chi connectivity index (χ3n) is 4.61. The maximum Gasteiger partial charge on any atom is 0.230 e. The lowest BCUT2D eigenvalue weighted by Crippen LogP contribution is -2.31. The van der Waals surface area contributed by atoms with E-state index in [9.17, 15) is 4.79 Å². The molecule has 0 saturated carbocycles. The molecule has 1 atom stereocenters. The summed E-state index contributed by atoms with van der Waals surface area (Å²) in [5.41, 5.74) is 4.27. The van der Waals surface area contributed by atoms with Crippen molar-refractivity contribution in [1.82, 2.24) is 25.5 Å². The minimum Gasteiger partial charge on any atom is -0.349 e. The fourth-order valence-electron chi connectivity index (χ4n) is 3.17. The van der Waals surface area contributed by atoms with E-state index in [0.29, 0.717) is 11.1 Å².